The number of rotatable bonds is 3. The maximum absolute atomic E-state index is 11.4. The summed E-state index contributed by atoms with van der Waals surface area (Å²) < 4.78 is 24.4. The molecule has 1 aromatic rings. The second kappa shape index (κ2) is 4.50. The van der Waals surface area contributed by atoms with Crippen LogP contribution in [0, 0.1) is 0 Å². The van der Waals surface area contributed by atoms with Gasteiger partial charge in [0.25, 0.3) is 0 Å². The highest BCUT2D eigenvalue weighted by atomic mass is 32.2. The second-order valence-corrected chi connectivity index (χ2v) is 6.40. The quantitative estimate of drug-likeness (QED) is 0.774. The summed E-state index contributed by atoms with van der Waals surface area (Å²) in [5.41, 5.74) is 0. The monoisotopic (exact) mass is 244 g/mol. The van der Waals surface area contributed by atoms with Crippen molar-refractivity contribution in [3.8, 4) is 0 Å². The lowest BCUT2D eigenvalue weighted by Gasteiger charge is -2.22. The molecule has 0 spiro atoms. The lowest BCUT2D eigenvalue weighted by molar-refractivity contribution is 0.473. The van der Waals surface area contributed by atoms with Crippen LogP contribution in [0.2, 0.25) is 0 Å². The second-order valence-electron chi connectivity index (χ2n) is 4.17. The van der Waals surface area contributed by atoms with Crippen molar-refractivity contribution < 1.29 is 8.42 Å². The average molecular weight is 244 g/mol. The average Bonchev–Trinajstić information content (AvgIpc) is 2.60. The van der Waals surface area contributed by atoms with Gasteiger partial charge in [-0.25, -0.2) is 13.4 Å². The summed E-state index contributed by atoms with van der Waals surface area (Å²) in [6.45, 7) is 0.529. The minimum Gasteiger partial charge on any atom is -0.306 e. The van der Waals surface area contributed by atoms with Crippen LogP contribution in [0.25, 0.3) is 0 Å². The van der Waals surface area contributed by atoms with E-state index in [1.165, 1.54) is 0 Å². The fourth-order valence-electron chi connectivity index (χ4n) is 1.88. The topological polar surface area (TPSA) is 76.9 Å². The van der Waals surface area contributed by atoms with Gasteiger partial charge in [-0.15, -0.1) is 0 Å². The molecule has 1 N–H and O–H groups in total. The number of aryl methyl sites for hydroxylation is 1. The van der Waals surface area contributed by atoms with Crippen molar-refractivity contribution in [1.82, 2.24) is 20.1 Å². The van der Waals surface area contributed by atoms with Crippen LogP contribution in [0.15, 0.2) is 6.33 Å². The number of hydrogen-bond acceptors (Lipinski definition) is 5. The van der Waals surface area contributed by atoms with Gasteiger partial charge in [0.05, 0.1) is 18.1 Å². The van der Waals surface area contributed by atoms with Gasteiger partial charge in [-0.2, -0.15) is 5.10 Å². The molecule has 0 saturated carbocycles. The van der Waals surface area contributed by atoms with Gasteiger partial charge < -0.3 is 5.32 Å². The fourth-order valence-corrected chi connectivity index (χ4v) is 3.56. The number of sulfone groups is 1. The van der Waals surface area contributed by atoms with Crippen LogP contribution in [0.1, 0.15) is 18.7 Å². The molecule has 2 rings (SSSR count). The maximum Gasteiger partial charge on any atom is 0.164 e. The Hall–Kier alpha value is -0.950. The largest absolute Gasteiger partial charge is 0.306 e. The van der Waals surface area contributed by atoms with Crippen LogP contribution in [-0.2, 0) is 23.4 Å². The Balaban J connectivity index is 1.86. The summed E-state index contributed by atoms with van der Waals surface area (Å²) in [5.74, 6) is 1.26. The first kappa shape index (κ1) is 11.5. The van der Waals surface area contributed by atoms with Gasteiger partial charge in [-0.1, -0.05) is 0 Å². The molecular weight excluding hydrogens is 228 g/mol. The van der Waals surface area contributed by atoms with Crippen LogP contribution in [-0.4, -0.2) is 40.7 Å². The maximum atomic E-state index is 11.4. The number of aromatic nitrogens is 3. The molecule has 7 heteroatoms. The minimum atomic E-state index is -2.84. The lowest BCUT2D eigenvalue weighted by Crippen LogP contribution is -2.39. The zero-order valence-corrected chi connectivity index (χ0v) is 10.1. The first-order chi connectivity index (χ1) is 7.55. The Morgan fingerprint density at radius 2 is 2.44 bits per heavy atom. The molecule has 1 saturated heterocycles. The van der Waals surface area contributed by atoms with Crippen molar-refractivity contribution in [2.24, 2.45) is 7.05 Å². The summed E-state index contributed by atoms with van der Waals surface area (Å²) in [7, 11) is -1.03. The van der Waals surface area contributed by atoms with Crippen LogP contribution in [0.5, 0.6) is 0 Å². The van der Waals surface area contributed by atoms with E-state index in [2.05, 4.69) is 15.4 Å². The molecule has 0 amide bonds. The van der Waals surface area contributed by atoms with Crippen molar-refractivity contribution >= 4 is 9.84 Å². The Kier molecular flexibility index (Phi) is 3.25. The first-order valence-electron chi connectivity index (χ1n) is 5.33. The van der Waals surface area contributed by atoms with Crippen molar-refractivity contribution in [1.29, 1.82) is 0 Å². The summed E-state index contributed by atoms with van der Waals surface area (Å²) in [5, 5.41) is 7.31. The van der Waals surface area contributed by atoms with Gasteiger partial charge in [-0.3, -0.25) is 4.68 Å². The third-order valence-electron chi connectivity index (χ3n) is 2.66. The predicted molar refractivity (Wildman–Crippen MR) is 59.5 cm³/mol. The molecule has 1 aliphatic rings. The number of hydrogen-bond donors (Lipinski definition) is 1. The van der Waals surface area contributed by atoms with Crippen molar-refractivity contribution in [2.45, 2.75) is 25.4 Å². The van der Waals surface area contributed by atoms with Gasteiger partial charge in [0.1, 0.15) is 6.33 Å². The summed E-state index contributed by atoms with van der Waals surface area (Å²) in [6.07, 6.45) is 3.29. The first-order valence-corrected chi connectivity index (χ1v) is 7.16. The van der Waals surface area contributed by atoms with Crippen LogP contribution >= 0.6 is 0 Å². The molecule has 1 unspecified atom stereocenters. The van der Waals surface area contributed by atoms with E-state index in [9.17, 15) is 8.42 Å². The summed E-state index contributed by atoms with van der Waals surface area (Å²) >= 11 is 0. The predicted octanol–water partition coefficient (Wildman–Crippen LogP) is -0.518. The van der Waals surface area contributed by atoms with Crippen LogP contribution in [0.3, 0.4) is 0 Å². The van der Waals surface area contributed by atoms with E-state index in [0.29, 0.717) is 18.1 Å². The molecule has 1 aliphatic heterocycles. The van der Waals surface area contributed by atoms with Crippen LogP contribution < -0.4 is 5.32 Å². The van der Waals surface area contributed by atoms with E-state index in [-0.39, 0.29) is 11.8 Å². The van der Waals surface area contributed by atoms with Crippen LogP contribution in [0.4, 0.5) is 0 Å². The van der Waals surface area contributed by atoms with E-state index in [0.717, 1.165) is 12.8 Å². The molecule has 1 aromatic heterocycles. The molecular formula is C9H16N4O2S. The summed E-state index contributed by atoms with van der Waals surface area (Å²) in [4.78, 5) is 4.08. The van der Waals surface area contributed by atoms with Gasteiger partial charge in [0, 0.05) is 13.1 Å². The highest BCUT2D eigenvalue weighted by Crippen LogP contribution is 2.12. The molecule has 0 bridgehead atoms. The molecule has 2 heterocycles. The molecule has 0 aromatic carbocycles. The van der Waals surface area contributed by atoms with Crippen molar-refractivity contribution in [3.05, 3.63) is 12.2 Å². The molecule has 16 heavy (non-hydrogen) atoms. The lowest BCUT2D eigenvalue weighted by atomic mass is 10.2. The standard InChI is InChI=1S/C9H16N4O2S/c1-13-7-11-9(12-13)5-10-8-3-2-4-16(14,15)6-8/h7-8,10H,2-6H2,1H3. The molecule has 1 fully saturated rings. The van der Waals surface area contributed by atoms with Crippen molar-refractivity contribution in [3.63, 3.8) is 0 Å². The Morgan fingerprint density at radius 1 is 1.62 bits per heavy atom. The fraction of sp³-hybridized carbons (Fsp3) is 0.778. The Labute approximate surface area is 95.0 Å². The Morgan fingerprint density at radius 3 is 3.06 bits per heavy atom. The highest BCUT2D eigenvalue weighted by Gasteiger charge is 2.24. The molecule has 0 radical (unpaired) electrons. The van der Waals surface area contributed by atoms with Gasteiger partial charge >= 0.3 is 0 Å². The third kappa shape index (κ3) is 3.02. The van der Waals surface area contributed by atoms with Gasteiger partial charge in [0.2, 0.25) is 0 Å². The van der Waals surface area contributed by atoms with Gasteiger partial charge in [0.15, 0.2) is 15.7 Å². The van der Waals surface area contributed by atoms with E-state index in [1.807, 2.05) is 7.05 Å². The molecule has 1 atom stereocenters. The molecule has 6 nitrogen and oxygen atoms in total. The van der Waals surface area contributed by atoms with E-state index < -0.39 is 9.84 Å². The highest BCUT2D eigenvalue weighted by molar-refractivity contribution is 7.91. The van der Waals surface area contributed by atoms with E-state index in [4.69, 9.17) is 0 Å². The smallest absolute Gasteiger partial charge is 0.164 e. The normalized spacial score (nSPS) is 24.4. The zero-order valence-electron chi connectivity index (χ0n) is 9.26. The number of nitrogens with zero attached hydrogens (tertiary/aromatic N) is 3. The van der Waals surface area contributed by atoms with Gasteiger partial charge in [-0.05, 0) is 12.8 Å². The summed E-state index contributed by atoms with van der Waals surface area (Å²) in [6, 6.07) is 0.0440. The third-order valence-corrected chi connectivity index (χ3v) is 4.48. The Bertz CT molecular complexity index is 454. The number of nitrogens with one attached hydrogen (secondary N) is 1. The van der Waals surface area contributed by atoms with E-state index >= 15 is 0 Å². The molecule has 0 aliphatic carbocycles. The minimum absolute atomic E-state index is 0.0440. The molecule has 90 valence electrons. The van der Waals surface area contributed by atoms with Crippen molar-refractivity contribution in [2.75, 3.05) is 11.5 Å². The zero-order chi connectivity index (χ0) is 11.6. The SMILES string of the molecule is Cn1cnc(CNC2CCCS(=O)(=O)C2)n1. The van der Waals surface area contributed by atoms with E-state index in [1.54, 1.807) is 11.0 Å².